The summed E-state index contributed by atoms with van der Waals surface area (Å²) in [4.78, 5) is 14.1. The topological polar surface area (TPSA) is 60.9 Å². The van der Waals surface area contributed by atoms with Gasteiger partial charge in [0.1, 0.15) is 0 Å². The monoisotopic (exact) mass is 373 g/mol. The van der Waals surface area contributed by atoms with E-state index in [1.807, 2.05) is 6.92 Å². The summed E-state index contributed by atoms with van der Waals surface area (Å²) < 4.78 is 27.9. The first-order valence-electron chi connectivity index (χ1n) is 8.12. The van der Waals surface area contributed by atoms with Gasteiger partial charge in [-0.25, -0.2) is 0 Å². The molecule has 0 radical (unpaired) electrons. The molecular weight excluding hydrogens is 350 g/mol. The van der Waals surface area contributed by atoms with Crippen molar-refractivity contribution in [3.05, 3.63) is 34.9 Å². The fraction of sp³-hybridized carbons (Fsp3) is 0.562. The van der Waals surface area contributed by atoms with Crippen molar-refractivity contribution >= 4 is 27.7 Å². The molecular formula is C16H24ClN3O3S. The van der Waals surface area contributed by atoms with Crippen LogP contribution in [0.4, 0.5) is 0 Å². The highest BCUT2D eigenvalue weighted by Gasteiger charge is 2.31. The Balaban J connectivity index is 1.95. The van der Waals surface area contributed by atoms with Crippen LogP contribution in [-0.4, -0.2) is 67.6 Å². The second-order valence-electron chi connectivity index (χ2n) is 5.88. The number of carbonyl (C=O) groups is 1. The second kappa shape index (κ2) is 8.29. The van der Waals surface area contributed by atoms with Crippen LogP contribution in [0.2, 0.25) is 5.02 Å². The third kappa shape index (κ3) is 4.47. The summed E-state index contributed by atoms with van der Waals surface area (Å²) in [5.41, 5.74) is 0.566. The van der Waals surface area contributed by atoms with E-state index < -0.39 is 10.2 Å². The lowest BCUT2D eigenvalue weighted by atomic mass is 10.2. The molecule has 1 amide bonds. The largest absolute Gasteiger partial charge is 0.336 e. The molecule has 0 saturated carbocycles. The number of unbranched alkanes of at least 4 members (excludes halogenated alkanes) is 1. The zero-order valence-electron chi connectivity index (χ0n) is 14.1. The molecule has 1 saturated heterocycles. The van der Waals surface area contributed by atoms with Gasteiger partial charge < -0.3 is 4.90 Å². The van der Waals surface area contributed by atoms with Crippen molar-refractivity contribution in [2.75, 3.05) is 39.8 Å². The Morgan fingerprint density at radius 3 is 2.29 bits per heavy atom. The molecule has 0 unspecified atom stereocenters. The van der Waals surface area contributed by atoms with E-state index in [-0.39, 0.29) is 5.91 Å². The van der Waals surface area contributed by atoms with Gasteiger partial charge in [-0.3, -0.25) is 4.79 Å². The van der Waals surface area contributed by atoms with Crippen LogP contribution >= 0.6 is 11.6 Å². The Morgan fingerprint density at radius 2 is 1.75 bits per heavy atom. The van der Waals surface area contributed by atoms with Gasteiger partial charge in [0, 0.05) is 50.4 Å². The van der Waals surface area contributed by atoms with Gasteiger partial charge in [0.2, 0.25) is 0 Å². The molecule has 1 fully saturated rings. The number of benzene rings is 1. The van der Waals surface area contributed by atoms with Gasteiger partial charge in [-0.1, -0.05) is 24.9 Å². The van der Waals surface area contributed by atoms with Gasteiger partial charge in [-0.2, -0.15) is 17.0 Å². The SMILES string of the molecule is CCCCN(C)S(=O)(=O)N1CCN(C(=O)c2ccc(Cl)cc2)CC1. The number of halogens is 1. The maximum Gasteiger partial charge on any atom is 0.281 e. The lowest BCUT2D eigenvalue weighted by Gasteiger charge is -2.35. The lowest BCUT2D eigenvalue weighted by Crippen LogP contribution is -2.53. The first-order chi connectivity index (χ1) is 11.4. The molecule has 1 aliphatic heterocycles. The van der Waals surface area contributed by atoms with Crippen LogP contribution in [0.1, 0.15) is 30.1 Å². The van der Waals surface area contributed by atoms with Crippen LogP contribution in [0.25, 0.3) is 0 Å². The van der Waals surface area contributed by atoms with Crippen molar-refractivity contribution in [2.24, 2.45) is 0 Å². The van der Waals surface area contributed by atoms with E-state index in [1.165, 1.54) is 8.61 Å². The Labute approximate surface area is 149 Å². The number of rotatable bonds is 6. The van der Waals surface area contributed by atoms with E-state index in [0.29, 0.717) is 43.3 Å². The van der Waals surface area contributed by atoms with Crippen molar-refractivity contribution in [1.82, 2.24) is 13.5 Å². The third-order valence-corrected chi connectivity index (χ3v) is 6.40. The molecule has 0 spiro atoms. The summed E-state index contributed by atoms with van der Waals surface area (Å²) in [6, 6.07) is 6.73. The third-order valence-electron chi connectivity index (χ3n) is 4.16. The van der Waals surface area contributed by atoms with Gasteiger partial charge in [-0.05, 0) is 30.7 Å². The van der Waals surface area contributed by atoms with E-state index in [9.17, 15) is 13.2 Å². The molecule has 0 aromatic heterocycles. The molecule has 8 heteroatoms. The maximum absolute atomic E-state index is 12.5. The quantitative estimate of drug-likeness (QED) is 0.767. The zero-order valence-corrected chi connectivity index (χ0v) is 15.7. The fourth-order valence-electron chi connectivity index (χ4n) is 2.59. The van der Waals surface area contributed by atoms with Crippen LogP contribution in [0.15, 0.2) is 24.3 Å². The summed E-state index contributed by atoms with van der Waals surface area (Å²) in [6.45, 7) is 3.96. The Bertz CT molecular complexity index is 656. The number of amides is 1. The zero-order chi connectivity index (χ0) is 17.7. The molecule has 0 atom stereocenters. The standard InChI is InChI=1S/C16H24ClN3O3S/c1-3-4-9-18(2)24(22,23)20-12-10-19(11-13-20)16(21)14-5-7-15(17)8-6-14/h5-8H,3-4,9-13H2,1-2H3. The summed E-state index contributed by atoms with van der Waals surface area (Å²) in [5.74, 6) is -0.0944. The average molecular weight is 374 g/mol. The summed E-state index contributed by atoms with van der Waals surface area (Å²) >= 11 is 5.83. The molecule has 2 rings (SSSR count). The molecule has 1 aromatic carbocycles. The number of hydrogen-bond donors (Lipinski definition) is 0. The molecule has 134 valence electrons. The Hall–Kier alpha value is -1.15. The number of hydrogen-bond acceptors (Lipinski definition) is 3. The number of piperazine rings is 1. The van der Waals surface area contributed by atoms with Gasteiger partial charge in [0.05, 0.1) is 0 Å². The number of nitrogens with zero attached hydrogens (tertiary/aromatic N) is 3. The van der Waals surface area contributed by atoms with Crippen molar-refractivity contribution < 1.29 is 13.2 Å². The minimum absolute atomic E-state index is 0.0944. The van der Waals surface area contributed by atoms with Gasteiger partial charge >= 0.3 is 0 Å². The molecule has 0 N–H and O–H groups in total. The molecule has 0 bridgehead atoms. The predicted molar refractivity (Wildman–Crippen MR) is 95.4 cm³/mol. The van der Waals surface area contributed by atoms with Crippen LogP contribution in [0.5, 0.6) is 0 Å². The van der Waals surface area contributed by atoms with Gasteiger partial charge in [0.25, 0.3) is 16.1 Å². The summed E-state index contributed by atoms with van der Waals surface area (Å²) in [5, 5.41) is 0.581. The molecule has 24 heavy (non-hydrogen) atoms. The van der Waals surface area contributed by atoms with Crippen molar-refractivity contribution in [2.45, 2.75) is 19.8 Å². The maximum atomic E-state index is 12.5. The van der Waals surface area contributed by atoms with Gasteiger partial charge in [-0.15, -0.1) is 0 Å². The first kappa shape index (κ1) is 19.2. The smallest absolute Gasteiger partial charge is 0.281 e. The molecule has 1 aromatic rings. The minimum atomic E-state index is -3.44. The molecule has 1 heterocycles. The minimum Gasteiger partial charge on any atom is -0.336 e. The van der Waals surface area contributed by atoms with Crippen LogP contribution < -0.4 is 0 Å². The predicted octanol–water partition coefficient (Wildman–Crippen LogP) is 2.07. The van der Waals surface area contributed by atoms with E-state index in [4.69, 9.17) is 11.6 Å². The highest BCUT2D eigenvalue weighted by Crippen LogP contribution is 2.15. The Kier molecular flexibility index (Phi) is 6.62. The van der Waals surface area contributed by atoms with Gasteiger partial charge in [0.15, 0.2) is 0 Å². The fourth-order valence-corrected chi connectivity index (χ4v) is 4.09. The lowest BCUT2D eigenvalue weighted by molar-refractivity contribution is 0.0694. The summed E-state index contributed by atoms with van der Waals surface area (Å²) in [7, 11) is -1.84. The van der Waals surface area contributed by atoms with E-state index in [2.05, 4.69) is 0 Å². The first-order valence-corrected chi connectivity index (χ1v) is 9.90. The molecule has 1 aliphatic rings. The van der Waals surface area contributed by atoms with E-state index in [1.54, 1.807) is 36.2 Å². The number of carbonyl (C=O) groups excluding carboxylic acids is 1. The normalized spacial score (nSPS) is 16.6. The van der Waals surface area contributed by atoms with Crippen LogP contribution in [-0.2, 0) is 10.2 Å². The summed E-state index contributed by atoms with van der Waals surface area (Å²) in [6.07, 6.45) is 1.79. The van der Waals surface area contributed by atoms with Crippen molar-refractivity contribution in [1.29, 1.82) is 0 Å². The average Bonchev–Trinajstić information content (AvgIpc) is 2.59. The highest BCUT2D eigenvalue weighted by atomic mass is 35.5. The van der Waals surface area contributed by atoms with E-state index >= 15 is 0 Å². The van der Waals surface area contributed by atoms with Crippen LogP contribution in [0, 0.1) is 0 Å². The van der Waals surface area contributed by atoms with Crippen molar-refractivity contribution in [3.63, 3.8) is 0 Å². The van der Waals surface area contributed by atoms with Crippen LogP contribution in [0.3, 0.4) is 0 Å². The second-order valence-corrected chi connectivity index (χ2v) is 8.35. The molecule has 6 nitrogen and oxygen atoms in total. The van der Waals surface area contributed by atoms with Crippen molar-refractivity contribution in [3.8, 4) is 0 Å². The highest BCUT2D eigenvalue weighted by molar-refractivity contribution is 7.86. The molecule has 0 aliphatic carbocycles. The Morgan fingerprint density at radius 1 is 1.17 bits per heavy atom. The van der Waals surface area contributed by atoms with E-state index in [0.717, 1.165) is 12.8 Å².